The molecule has 2 N–H and O–H groups in total. The molecule has 0 saturated heterocycles. The lowest BCUT2D eigenvalue weighted by Crippen LogP contribution is -2.30. The molecular weight excluding hydrogens is 275 g/mol. The quantitative estimate of drug-likeness (QED) is 0.905. The van der Waals surface area contributed by atoms with Gasteiger partial charge in [0.2, 0.25) is 0 Å². The topological polar surface area (TPSA) is 42.2 Å². The van der Waals surface area contributed by atoms with E-state index in [1.807, 2.05) is 13.2 Å². The zero-order chi connectivity index (χ0) is 14.6. The Bertz CT molecular complexity index is 423. The van der Waals surface area contributed by atoms with Crippen molar-refractivity contribution < 1.29 is 13.2 Å². The summed E-state index contributed by atoms with van der Waals surface area (Å²) in [6, 6.07) is 1.11. The first-order chi connectivity index (χ1) is 8.77. The van der Waals surface area contributed by atoms with Crippen molar-refractivity contribution in [3.05, 3.63) is 18.0 Å². The van der Waals surface area contributed by atoms with E-state index in [1.54, 1.807) is 23.7 Å². The van der Waals surface area contributed by atoms with Crippen LogP contribution in [0.4, 0.5) is 24.5 Å². The van der Waals surface area contributed by atoms with E-state index in [0.717, 1.165) is 24.4 Å². The van der Waals surface area contributed by atoms with Gasteiger partial charge in [-0.3, -0.25) is 0 Å². The Kier molecular flexibility index (Phi) is 5.34. The predicted octanol–water partition coefficient (Wildman–Crippen LogP) is 3.26. The third-order valence-electron chi connectivity index (χ3n) is 2.98. The molecule has 108 valence electrons. The average molecular weight is 293 g/mol. The fourth-order valence-electron chi connectivity index (χ4n) is 1.64. The van der Waals surface area contributed by atoms with Crippen molar-refractivity contribution in [2.45, 2.75) is 25.6 Å². The Morgan fingerprint density at radius 3 is 2.63 bits per heavy atom. The second kappa shape index (κ2) is 6.36. The van der Waals surface area contributed by atoms with Crippen LogP contribution in [0.5, 0.6) is 0 Å². The summed E-state index contributed by atoms with van der Waals surface area (Å²) in [6.07, 6.45) is -0.516. The number of thioether (sulfide) groups is 1. The van der Waals surface area contributed by atoms with Crippen LogP contribution in [0.3, 0.4) is 0 Å². The molecule has 0 aliphatic rings. The molecule has 0 amide bonds. The standard InChI is InChI=1S/C12H18F3N3S/c1-8(4-5-19-3)18(2)10-6-11(12(13,14)15)17-7-9(10)16/h6-8H,4-5,16H2,1-3H3. The van der Waals surface area contributed by atoms with Crippen LogP contribution in [-0.4, -0.2) is 30.1 Å². The lowest BCUT2D eigenvalue weighted by Gasteiger charge is -2.28. The average Bonchev–Trinajstić information content (AvgIpc) is 2.34. The number of aromatic nitrogens is 1. The Morgan fingerprint density at radius 1 is 1.47 bits per heavy atom. The molecule has 19 heavy (non-hydrogen) atoms. The van der Waals surface area contributed by atoms with Gasteiger partial charge >= 0.3 is 6.18 Å². The highest BCUT2D eigenvalue weighted by Crippen LogP contribution is 2.33. The van der Waals surface area contributed by atoms with Crippen LogP contribution in [0, 0.1) is 0 Å². The van der Waals surface area contributed by atoms with Crippen LogP contribution in [0.15, 0.2) is 12.3 Å². The number of nitrogens with zero attached hydrogens (tertiary/aromatic N) is 2. The van der Waals surface area contributed by atoms with E-state index < -0.39 is 11.9 Å². The lowest BCUT2D eigenvalue weighted by atomic mass is 10.2. The zero-order valence-corrected chi connectivity index (χ0v) is 12.0. The Balaban J connectivity index is 2.98. The number of alkyl halides is 3. The van der Waals surface area contributed by atoms with E-state index >= 15 is 0 Å². The van der Waals surface area contributed by atoms with Crippen molar-refractivity contribution in [1.82, 2.24) is 4.98 Å². The Morgan fingerprint density at radius 2 is 2.11 bits per heavy atom. The number of hydrogen-bond acceptors (Lipinski definition) is 4. The smallest absolute Gasteiger partial charge is 0.396 e. The predicted molar refractivity (Wildman–Crippen MR) is 74.5 cm³/mol. The summed E-state index contributed by atoms with van der Waals surface area (Å²) < 4.78 is 37.9. The molecule has 7 heteroatoms. The minimum atomic E-state index is -4.45. The summed E-state index contributed by atoms with van der Waals surface area (Å²) >= 11 is 1.70. The maximum absolute atomic E-state index is 12.6. The molecule has 0 radical (unpaired) electrons. The number of nitrogens with two attached hydrogens (primary N) is 1. The van der Waals surface area contributed by atoms with Gasteiger partial charge in [-0.2, -0.15) is 24.9 Å². The molecule has 0 saturated carbocycles. The SMILES string of the molecule is CSCCC(C)N(C)c1cc(C(F)(F)F)ncc1N. The van der Waals surface area contributed by atoms with Gasteiger partial charge in [-0.1, -0.05) is 0 Å². The summed E-state index contributed by atoms with van der Waals surface area (Å²) in [6.45, 7) is 1.96. The van der Waals surface area contributed by atoms with Crippen LogP contribution >= 0.6 is 11.8 Å². The molecule has 1 rings (SSSR count). The first-order valence-electron chi connectivity index (χ1n) is 5.81. The van der Waals surface area contributed by atoms with Crippen molar-refractivity contribution in [3.63, 3.8) is 0 Å². The zero-order valence-electron chi connectivity index (χ0n) is 11.2. The number of nitrogen functional groups attached to an aromatic ring is 1. The van der Waals surface area contributed by atoms with Gasteiger partial charge in [0.15, 0.2) is 0 Å². The largest absolute Gasteiger partial charge is 0.433 e. The van der Waals surface area contributed by atoms with E-state index in [-0.39, 0.29) is 11.7 Å². The molecule has 1 heterocycles. The van der Waals surface area contributed by atoms with Crippen LogP contribution < -0.4 is 10.6 Å². The highest BCUT2D eigenvalue weighted by atomic mass is 32.2. The monoisotopic (exact) mass is 293 g/mol. The van der Waals surface area contributed by atoms with Crippen molar-refractivity contribution in [3.8, 4) is 0 Å². The highest BCUT2D eigenvalue weighted by molar-refractivity contribution is 7.98. The molecule has 1 aromatic heterocycles. The number of pyridine rings is 1. The molecule has 3 nitrogen and oxygen atoms in total. The van der Waals surface area contributed by atoms with E-state index in [9.17, 15) is 13.2 Å². The van der Waals surface area contributed by atoms with Gasteiger partial charge in [-0.05, 0) is 31.4 Å². The van der Waals surface area contributed by atoms with Gasteiger partial charge in [0, 0.05) is 13.1 Å². The molecular formula is C12H18F3N3S. The summed E-state index contributed by atoms with van der Waals surface area (Å²) in [5.41, 5.74) is 5.43. The molecule has 1 unspecified atom stereocenters. The molecule has 0 aliphatic heterocycles. The van der Waals surface area contributed by atoms with E-state index in [0.29, 0.717) is 5.69 Å². The van der Waals surface area contributed by atoms with Crippen molar-refractivity contribution in [2.75, 3.05) is 29.7 Å². The van der Waals surface area contributed by atoms with E-state index in [1.165, 1.54) is 0 Å². The number of rotatable bonds is 5. The summed E-state index contributed by atoms with van der Waals surface area (Å²) in [7, 11) is 1.75. The minimum absolute atomic E-state index is 0.109. The number of hydrogen-bond donors (Lipinski definition) is 1. The van der Waals surface area contributed by atoms with Gasteiger partial charge in [-0.25, -0.2) is 4.98 Å². The molecule has 1 atom stereocenters. The molecule has 0 aromatic carbocycles. The molecule has 1 aromatic rings. The maximum atomic E-state index is 12.6. The first kappa shape index (κ1) is 15.9. The number of anilines is 2. The summed E-state index contributed by atoms with van der Waals surface area (Å²) in [5.74, 6) is 0.947. The molecule has 0 fully saturated rings. The van der Waals surface area contributed by atoms with Crippen molar-refractivity contribution >= 4 is 23.1 Å². The van der Waals surface area contributed by atoms with Crippen molar-refractivity contribution in [1.29, 1.82) is 0 Å². The summed E-state index contributed by atoms with van der Waals surface area (Å²) in [5, 5.41) is 0. The van der Waals surface area contributed by atoms with Crippen molar-refractivity contribution in [2.24, 2.45) is 0 Å². The van der Waals surface area contributed by atoms with Gasteiger partial charge in [0.1, 0.15) is 5.69 Å². The fraction of sp³-hybridized carbons (Fsp3) is 0.583. The summed E-state index contributed by atoms with van der Waals surface area (Å²) in [4.78, 5) is 5.10. The van der Waals surface area contributed by atoms with Gasteiger partial charge in [0.05, 0.1) is 17.6 Å². The highest BCUT2D eigenvalue weighted by Gasteiger charge is 2.33. The number of halogens is 3. The second-order valence-electron chi connectivity index (χ2n) is 4.37. The van der Waals surface area contributed by atoms with Crippen LogP contribution in [0.25, 0.3) is 0 Å². The normalized spacial score (nSPS) is 13.4. The molecule has 0 bridgehead atoms. The van der Waals surface area contributed by atoms with Gasteiger partial charge < -0.3 is 10.6 Å². The van der Waals surface area contributed by atoms with E-state index in [2.05, 4.69) is 4.98 Å². The Labute approximate surface area is 115 Å². The first-order valence-corrected chi connectivity index (χ1v) is 7.21. The van der Waals surface area contributed by atoms with Crippen LogP contribution in [-0.2, 0) is 6.18 Å². The Hall–Kier alpha value is -1.11. The molecule has 0 spiro atoms. The third-order valence-corrected chi connectivity index (χ3v) is 3.63. The maximum Gasteiger partial charge on any atom is 0.433 e. The van der Waals surface area contributed by atoms with Crippen LogP contribution in [0.2, 0.25) is 0 Å². The fourth-order valence-corrected chi connectivity index (χ4v) is 2.21. The second-order valence-corrected chi connectivity index (χ2v) is 5.35. The van der Waals surface area contributed by atoms with Gasteiger partial charge in [-0.15, -0.1) is 0 Å². The minimum Gasteiger partial charge on any atom is -0.396 e. The van der Waals surface area contributed by atoms with Gasteiger partial charge in [0.25, 0.3) is 0 Å². The molecule has 0 aliphatic carbocycles. The lowest BCUT2D eigenvalue weighted by molar-refractivity contribution is -0.141. The van der Waals surface area contributed by atoms with E-state index in [4.69, 9.17) is 5.73 Å². The third kappa shape index (κ3) is 4.19. The van der Waals surface area contributed by atoms with Crippen LogP contribution in [0.1, 0.15) is 19.0 Å².